The minimum Gasteiger partial charge on any atom is -0.465 e. The average Bonchev–Trinajstić information content (AvgIpc) is 2.60. The van der Waals surface area contributed by atoms with E-state index in [1.165, 1.54) is 0 Å². The molecule has 0 aliphatic rings. The van der Waals surface area contributed by atoms with Crippen molar-refractivity contribution in [3.8, 4) is 0 Å². The van der Waals surface area contributed by atoms with Gasteiger partial charge in [-0.3, -0.25) is 10.1 Å². The molecule has 16 heavy (non-hydrogen) atoms. The summed E-state index contributed by atoms with van der Waals surface area (Å²) in [4.78, 5) is 11.4. The van der Waals surface area contributed by atoms with E-state index in [0.717, 1.165) is 11.5 Å². The van der Waals surface area contributed by atoms with Crippen molar-refractivity contribution in [2.45, 2.75) is 39.8 Å². The van der Waals surface area contributed by atoms with Crippen LogP contribution in [0.15, 0.2) is 16.5 Å². The van der Waals surface area contributed by atoms with Crippen molar-refractivity contribution >= 4 is 5.91 Å². The summed E-state index contributed by atoms with van der Waals surface area (Å²) in [5, 5.41) is 5.93. The van der Waals surface area contributed by atoms with E-state index < -0.39 is 0 Å². The van der Waals surface area contributed by atoms with Crippen molar-refractivity contribution in [3.05, 3.63) is 23.7 Å². The van der Waals surface area contributed by atoms with Crippen molar-refractivity contribution in [2.24, 2.45) is 0 Å². The van der Waals surface area contributed by atoms with Gasteiger partial charge in [-0.1, -0.05) is 0 Å². The van der Waals surface area contributed by atoms with Crippen LogP contribution < -0.4 is 10.6 Å². The third-order valence-electron chi connectivity index (χ3n) is 2.21. The second-order valence-electron chi connectivity index (χ2n) is 4.27. The van der Waals surface area contributed by atoms with E-state index in [0.29, 0.717) is 6.54 Å². The van der Waals surface area contributed by atoms with Crippen LogP contribution in [0.25, 0.3) is 0 Å². The van der Waals surface area contributed by atoms with Gasteiger partial charge in [-0.15, -0.1) is 0 Å². The molecule has 1 aromatic heterocycles. The van der Waals surface area contributed by atoms with Crippen molar-refractivity contribution in [1.82, 2.24) is 10.6 Å². The van der Waals surface area contributed by atoms with E-state index in [1.807, 2.05) is 39.8 Å². The van der Waals surface area contributed by atoms with Crippen molar-refractivity contribution in [3.63, 3.8) is 0 Å². The zero-order chi connectivity index (χ0) is 12.1. The van der Waals surface area contributed by atoms with Crippen LogP contribution in [0.1, 0.15) is 38.3 Å². The highest BCUT2D eigenvalue weighted by atomic mass is 16.3. The summed E-state index contributed by atoms with van der Waals surface area (Å²) in [6.45, 7) is 8.07. The molecule has 0 bridgehead atoms. The van der Waals surface area contributed by atoms with Crippen LogP contribution in [-0.4, -0.2) is 18.5 Å². The summed E-state index contributed by atoms with van der Waals surface area (Å²) in [6.07, 6.45) is 0. The number of amides is 1. The number of aryl methyl sites for hydroxylation is 1. The number of nitrogens with one attached hydrogen (secondary N) is 2. The van der Waals surface area contributed by atoms with E-state index in [2.05, 4.69) is 10.6 Å². The molecular weight excluding hydrogens is 204 g/mol. The lowest BCUT2D eigenvalue weighted by molar-refractivity contribution is -0.120. The maximum atomic E-state index is 11.4. The van der Waals surface area contributed by atoms with Gasteiger partial charge in [0.2, 0.25) is 5.91 Å². The molecule has 1 rings (SSSR count). The van der Waals surface area contributed by atoms with E-state index in [9.17, 15) is 4.79 Å². The first-order chi connectivity index (χ1) is 7.49. The molecule has 0 aliphatic heterocycles. The maximum Gasteiger partial charge on any atom is 0.234 e. The predicted molar refractivity (Wildman–Crippen MR) is 63.1 cm³/mol. The second kappa shape index (κ2) is 5.70. The number of hydrogen-bond donors (Lipinski definition) is 2. The van der Waals surface area contributed by atoms with Gasteiger partial charge < -0.3 is 9.73 Å². The summed E-state index contributed by atoms with van der Waals surface area (Å²) in [7, 11) is 0. The number of hydrogen-bond acceptors (Lipinski definition) is 3. The van der Waals surface area contributed by atoms with E-state index in [1.54, 1.807) is 0 Å². The molecule has 0 fully saturated rings. The molecule has 4 heteroatoms. The highest BCUT2D eigenvalue weighted by Crippen LogP contribution is 2.14. The van der Waals surface area contributed by atoms with Gasteiger partial charge in [-0.25, -0.2) is 0 Å². The maximum absolute atomic E-state index is 11.4. The Hall–Kier alpha value is -1.29. The lowest BCUT2D eigenvalue weighted by atomic mass is 10.2. The largest absolute Gasteiger partial charge is 0.465 e. The molecule has 4 nitrogen and oxygen atoms in total. The quantitative estimate of drug-likeness (QED) is 0.801. The van der Waals surface area contributed by atoms with Gasteiger partial charge in [0.1, 0.15) is 11.5 Å². The van der Waals surface area contributed by atoms with Crippen LogP contribution in [-0.2, 0) is 4.79 Å². The average molecular weight is 224 g/mol. The predicted octanol–water partition coefficient (Wildman–Crippen LogP) is 1.76. The SMILES string of the molecule is Cc1ccc(C(C)NCC(=O)NC(C)C)o1. The molecule has 0 spiro atoms. The molecule has 1 aromatic rings. The van der Waals surface area contributed by atoms with Gasteiger partial charge in [0.05, 0.1) is 12.6 Å². The third-order valence-corrected chi connectivity index (χ3v) is 2.21. The van der Waals surface area contributed by atoms with Gasteiger partial charge in [0.15, 0.2) is 0 Å². The van der Waals surface area contributed by atoms with Gasteiger partial charge >= 0.3 is 0 Å². The van der Waals surface area contributed by atoms with Crippen LogP contribution in [0.4, 0.5) is 0 Å². The molecule has 0 aliphatic carbocycles. The van der Waals surface area contributed by atoms with Crippen LogP contribution in [0.3, 0.4) is 0 Å². The number of rotatable bonds is 5. The molecule has 0 aromatic carbocycles. The fourth-order valence-electron chi connectivity index (χ4n) is 1.41. The Kier molecular flexibility index (Phi) is 4.55. The van der Waals surface area contributed by atoms with Crippen molar-refractivity contribution in [2.75, 3.05) is 6.54 Å². The standard InChI is InChI=1S/C12H20N2O2/c1-8(2)14-12(15)7-13-10(4)11-6-5-9(3)16-11/h5-6,8,10,13H,7H2,1-4H3,(H,14,15). The van der Waals surface area contributed by atoms with E-state index in [4.69, 9.17) is 4.42 Å². The fourth-order valence-corrected chi connectivity index (χ4v) is 1.41. The van der Waals surface area contributed by atoms with Crippen LogP contribution in [0, 0.1) is 6.92 Å². The first kappa shape index (κ1) is 12.8. The van der Waals surface area contributed by atoms with Crippen molar-refractivity contribution in [1.29, 1.82) is 0 Å². The smallest absolute Gasteiger partial charge is 0.234 e. The topological polar surface area (TPSA) is 54.3 Å². The number of carbonyl (C=O) groups is 1. The molecule has 1 atom stereocenters. The summed E-state index contributed by atoms with van der Waals surface area (Å²) in [5.41, 5.74) is 0. The van der Waals surface area contributed by atoms with Gasteiger partial charge in [0.25, 0.3) is 0 Å². The van der Waals surface area contributed by atoms with Crippen molar-refractivity contribution < 1.29 is 9.21 Å². The van der Waals surface area contributed by atoms with Crippen LogP contribution in [0.2, 0.25) is 0 Å². The molecule has 2 N–H and O–H groups in total. The summed E-state index contributed by atoms with van der Waals surface area (Å²) in [6, 6.07) is 4.07. The zero-order valence-electron chi connectivity index (χ0n) is 10.3. The molecule has 0 saturated carbocycles. The van der Waals surface area contributed by atoms with E-state index in [-0.39, 0.29) is 18.0 Å². The first-order valence-electron chi connectivity index (χ1n) is 5.58. The van der Waals surface area contributed by atoms with Gasteiger partial charge in [-0.2, -0.15) is 0 Å². The number of furan rings is 1. The molecular formula is C12H20N2O2. The Labute approximate surface area is 96.4 Å². The summed E-state index contributed by atoms with van der Waals surface area (Å²) >= 11 is 0. The highest BCUT2D eigenvalue weighted by molar-refractivity contribution is 5.78. The Morgan fingerprint density at radius 3 is 2.56 bits per heavy atom. The summed E-state index contributed by atoms with van der Waals surface area (Å²) in [5.74, 6) is 1.75. The normalized spacial score (nSPS) is 12.8. The van der Waals surface area contributed by atoms with Crippen LogP contribution in [0.5, 0.6) is 0 Å². The monoisotopic (exact) mass is 224 g/mol. The fraction of sp³-hybridized carbons (Fsp3) is 0.583. The zero-order valence-corrected chi connectivity index (χ0v) is 10.3. The third kappa shape index (κ3) is 4.06. The first-order valence-corrected chi connectivity index (χ1v) is 5.58. The van der Waals surface area contributed by atoms with Gasteiger partial charge in [-0.05, 0) is 39.8 Å². The minimum atomic E-state index is 0.00475. The lowest BCUT2D eigenvalue weighted by Crippen LogP contribution is -2.38. The van der Waals surface area contributed by atoms with E-state index >= 15 is 0 Å². The molecule has 0 saturated heterocycles. The highest BCUT2D eigenvalue weighted by Gasteiger charge is 2.10. The lowest BCUT2D eigenvalue weighted by Gasteiger charge is -2.12. The van der Waals surface area contributed by atoms with Gasteiger partial charge in [0, 0.05) is 6.04 Å². The Morgan fingerprint density at radius 1 is 1.38 bits per heavy atom. The molecule has 90 valence electrons. The number of carbonyl (C=O) groups excluding carboxylic acids is 1. The minimum absolute atomic E-state index is 0.00475. The Bertz CT molecular complexity index is 345. The Balaban J connectivity index is 2.35. The molecule has 1 amide bonds. The van der Waals surface area contributed by atoms with Crippen LogP contribution >= 0.6 is 0 Å². The molecule has 1 heterocycles. The molecule has 0 radical (unpaired) electrons. The Morgan fingerprint density at radius 2 is 2.06 bits per heavy atom. The molecule has 1 unspecified atom stereocenters. The second-order valence-corrected chi connectivity index (χ2v) is 4.27. The summed E-state index contributed by atoms with van der Waals surface area (Å²) < 4.78 is 5.46.